The molecule has 0 radical (unpaired) electrons. The van der Waals surface area contributed by atoms with Gasteiger partial charge in [0, 0.05) is 5.56 Å². The molecule has 0 amide bonds. The first-order chi connectivity index (χ1) is 14.5. The highest BCUT2D eigenvalue weighted by atomic mass is 16.6. The molecule has 5 nitrogen and oxygen atoms in total. The third-order valence-corrected chi connectivity index (χ3v) is 4.47. The number of nitriles is 1. The van der Waals surface area contributed by atoms with Crippen LogP contribution in [-0.2, 0) is 0 Å². The van der Waals surface area contributed by atoms with Crippen molar-refractivity contribution in [3.05, 3.63) is 89.0 Å². The second-order valence-electron chi connectivity index (χ2n) is 6.54. The number of carbonyl (C=O) groups excluding carboxylic acids is 1. The number of para-hydroxylation sites is 1. The minimum absolute atomic E-state index is 0.303. The van der Waals surface area contributed by atoms with Gasteiger partial charge in [-0.05, 0) is 55.0 Å². The zero-order valence-electron chi connectivity index (χ0n) is 17.0. The van der Waals surface area contributed by atoms with Gasteiger partial charge in [-0.1, -0.05) is 35.9 Å². The Hall–Kier alpha value is -4.04. The molecule has 0 atom stereocenters. The summed E-state index contributed by atoms with van der Waals surface area (Å²) in [6.45, 7) is 1.91. The van der Waals surface area contributed by atoms with E-state index in [-0.39, 0.29) is 0 Å². The van der Waals surface area contributed by atoms with Crippen molar-refractivity contribution in [2.24, 2.45) is 0 Å². The van der Waals surface area contributed by atoms with E-state index in [1.807, 2.05) is 31.2 Å². The van der Waals surface area contributed by atoms with Gasteiger partial charge in [-0.3, -0.25) is 0 Å². The second kappa shape index (κ2) is 9.44. The fourth-order valence-electron chi connectivity index (χ4n) is 2.99. The molecule has 0 bridgehead atoms. The molecular weight excluding hydrogens is 378 g/mol. The van der Waals surface area contributed by atoms with Gasteiger partial charge in [-0.25, -0.2) is 4.79 Å². The van der Waals surface area contributed by atoms with Crippen LogP contribution in [0.3, 0.4) is 0 Å². The number of benzene rings is 3. The molecule has 0 N–H and O–H groups in total. The lowest BCUT2D eigenvalue weighted by atomic mass is 10.0. The highest BCUT2D eigenvalue weighted by molar-refractivity contribution is 5.93. The summed E-state index contributed by atoms with van der Waals surface area (Å²) in [6.07, 6.45) is 1.73. The largest absolute Gasteiger partial charge is 0.496 e. The van der Waals surface area contributed by atoms with Gasteiger partial charge in [0.25, 0.3) is 0 Å². The summed E-state index contributed by atoms with van der Waals surface area (Å²) < 4.78 is 16.3. The highest BCUT2D eigenvalue weighted by Gasteiger charge is 2.14. The molecule has 0 aliphatic heterocycles. The molecular formula is C25H21NO4. The highest BCUT2D eigenvalue weighted by Crippen LogP contribution is 2.32. The van der Waals surface area contributed by atoms with Gasteiger partial charge in [0.15, 0.2) is 11.5 Å². The van der Waals surface area contributed by atoms with Gasteiger partial charge >= 0.3 is 5.97 Å². The van der Waals surface area contributed by atoms with Crippen LogP contribution in [0.25, 0.3) is 11.6 Å². The smallest absolute Gasteiger partial charge is 0.343 e. The van der Waals surface area contributed by atoms with Crippen molar-refractivity contribution in [2.45, 2.75) is 6.92 Å². The van der Waals surface area contributed by atoms with Crippen LogP contribution in [0.15, 0.2) is 66.7 Å². The minimum atomic E-state index is -0.466. The number of nitrogens with zero attached hydrogens (tertiary/aromatic N) is 1. The predicted octanol–water partition coefficient (Wildman–Crippen LogP) is 5.30. The van der Waals surface area contributed by atoms with Gasteiger partial charge in [0.1, 0.15) is 5.75 Å². The molecule has 0 heterocycles. The maximum Gasteiger partial charge on any atom is 0.343 e. The Morgan fingerprint density at radius 3 is 2.37 bits per heavy atom. The minimum Gasteiger partial charge on any atom is -0.496 e. The summed E-state index contributed by atoms with van der Waals surface area (Å²) in [7, 11) is 3.06. The summed E-state index contributed by atoms with van der Waals surface area (Å²) in [5, 5.41) is 9.63. The van der Waals surface area contributed by atoms with E-state index in [1.165, 1.54) is 7.11 Å². The molecule has 150 valence electrons. The van der Waals surface area contributed by atoms with E-state index in [0.717, 1.165) is 11.1 Å². The lowest BCUT2D eigenvalue weighted by molar-refractivity contribution is 0.0729. The van der Waals surface area contributed by atoms with E-state index >= 15 is 0 Å². The summed E-state index contributed by atoms with van der Waals surface area (Å²) >= 11 is 0. The fraction of sp³-hybridized carbons (Fsp3) is 0.120. The number of methoxy groups -OCH3 is 2. The molecule has 0 saturated heterocycles. The number of allylic oxidation sites excluding steroid dienone is 1. The van der Waals surface area contributed by atoms with Crippen LogP contribution < -0.4 is 14.2 Å². The molecule has 0 saturated carbocycles. The van der Waals surface area contributed by atoms with Gasteiger partial charge in [-0.2, -0.15) is 5.26 Å². The Balaban J connectivity index is 1.91. The number of rotatable bonds is 6. The Morgan fingerprint density at radius 2 is 1.67 bits per heavy atom. The van der Waals surface area contributed by atoms with Crippen molar-refractivity contribution in [3.63, 3.8) is 0 Å². The third kappa shape index (κ3) is 4.68. The number of carbonyl (C=O) groups is 1. The van der Waals surface area contributed by atoms with Crippen LogP contribution in [0.4, 0.5) is 0 Å². The van der Waals surface area contributed by atoms with Crippen LogP contribution in [0, 0.1) is 18.3 Å². The molecule has 0 aliphatic rings. The lowest BCUT2D eigenvalue weighted by Crippen LogP contribution is -2.09. The van der Waals surface area contributed by atoms with Crippen molar-refractivity contribution < 1.29 is 19.0 Å². The first kappa shape index (κ1) is 20.7. The molecule has 0 aromatic heterocycles. The Labute approximate surface area is 175 Å². The van der Waals surface area contributed by atoms with Crippen LogP contribution in [0.1, 0.15) is 27.0 Å². The molecule has 30 heavy (non-hydrogen) atoms. The zero-order chi connectivity index (χ0) is 21.5. The van der Waals surface area contributed by atoms with E-state index in [9.17, 15) is 10.1 Å². The van der Waals surface area contributed by atoms with Gasteiger partial charge < -0.3 is 14.2 Å². The summed E-state index contributed by atoms with van der Waals surface area (Å²) in [6, 6.07) is 21.8. The van der Waals surface area contributed by atoms with Crippen molar-refractivity contribution in [1.82, 2.24) is 0 Å². The molecule has 0 unspecified atom stereocenters. The molecule has 0 fully saturated rings. The topological polar surface area (TPSA) is 68.6 Å². The zero-order valence-corrected chi connectivity index (χ0v) is 17.0. The summed E-state index contributed by atoms with van der Waals surface area (Å²) in [4.78, 5) is 12.5. The average molecular weight is 399 g/mol. The Bertz CT molecular complexity index is 1140. The molecule has 5 heteroatoms. The molecule has 3 aromatic carbocycles. The normalized spacial score (nSPS) is 10.8. The van der Waals surface area contributed by atoms with Crippen molar-refractivity contribution in [1.29, 1.82) is 5.26 Å². The second-order valence-corrected chi connectivity index (χ2v) is 6.54. The number of ether oxygens (including phenoxy) is 3. The Kier molecular flexibility index (Phi) is 6.51. The quantitative estimate of drug-likeness (QED) is 0.244. The van der Waals surface area contributed by atoms with E-state index < -0.39 is 5.97 Å². The monoisotopic (exact) mass is 399 g/mol. The van der Waals surface area contributed by atoms with Crippen molar-refractivity contribution in [3.8, 4) is 23.3 Å². The third-order valence-electron chi connectivity index (χ3n) is 4.47. The number of aryl methyl sites for hydroxylation is 1. The van der Waals surface area contributed by atoms with E-state index in [1.54, 1.807) is 55.7 Å². The first-order valence-corrected chi connectivity index (χ1v) is 9.27. The maximum absolute atomic E-state index is 12.5. The van der Waals surface area contributed by atoms with Crippen molar-refractivity contribution in [2.75, 3.05) is 14.2 Å². The molecule has 0 spiro atoms. The van der Waals surface area contributed by atoms with E-state index in [2.05, 4.69) is 6.07 Å². The van der Waals surface area contributed by atoms with Gasteiger partial charge in [-0.15, -0.1) is 0 Å². The summed E-state index contributed by atoms with van der Waals surface area (Å²) in [5.74, 6) is 0.840. The van der Waals surface area contributed by atoms with E-state index in [4.69, 9.17) is 14.2 Å². The number of hydrogen-bond acceptors (Lipinski definition) is 5. The van der Waals surface area contributed by atoms with Gasteiger partial charge in [0.05, 0.1) is 31.4 Å². The van der Waals surface area contributed by atoms with E-state index in [0.29, 0.717) is 33.9 Å². The van der Waals surface area contributed by atoms with Crippen LogP contribution >= 0.6 is 0 Å². The molecule has 3 aromatic rings. The number of hydrogen-bond donors (Lipinski definition) is 0. The molecule has 0 aliphatic carbocycles. The predicted molar refractivity (Wildman–Crippen MR) is 116 cm³/mol. The number of esters is 1. The lowest BCUT2D eigenvalue weighted by Gasteiger charge is -2.11. The van der Waals surface area contributed by atoms with Gasteiger partial charge in [0.2, 0.25) is 0 Å². The first-order valence-electron chi connectivity index (χ1n) is 9.27. The fourth-order valence-corrected chi connectivity index (χ4v) is 2.99. The van der Waals surface area contributed by atoms with Crippen LogP contribution in [-0.4, -0.2) is 20.2 Å². The molecule has 3 rings (SSSR count). The Morgan fingerprint density at radius 1 is 0.900 bits per heavy atom. The van der Waals surface area contributed by atoms with Crippen LogP contribution in [0.5, 0.6) is 17.2 Å². The average Bonchev–Trinajstić information content (AvgIpc) is 2.78. The van der Waals surface area contributed by atoms with Crippen molar-refractivity contribution >= 4 is 17.6 Å². The standard InChI is InChI=1S/C25H21NO4/c1-17-7-6-8-19(13-17)25(27)30-23-12-11-18(15-24(23)29-3)14-20(16-26)21-9-4-5-10-22(21)28-2/h4-15H,1-3H3/b20-14-. The SMILES string of the molecule is COc1cc(/C=C(/C#N)c2ccccc2OC)ccc1OC(=O)c1cccc(C)c1. The van der Waals surface area contributed by atoms with Crippen LogP contribution in [0.2, 0.25) is 0 Å². The summed E-state index contributed by atoms with van der Waals surface area (Å²) in [5.41, 5.74) is 3.29. The maximum atomic E-state index is 12.5.